The number of aromatic nitrogens is 1. The maximum absolute atomic E-state index is 12.7. The standard InChI is InChI=1S/C19H17BrN4O4S/c20-13-6-7-16-15(11-13)17(19(26)21-16)22-23-18(25)12-4-3-5-14(10-12)29(27,28)24-8-1-2-9-24/h3-7,10-11,21,26H,1-2,8-9H2. The summed E-state index contributed by atoms with van der Waals surface area (Å²) >= 11 is 3.35. The maximum atomic E-state index is 12.7. The van der Waals surface area contributed by atoms with Crippen LogP contribution >= 0.6 is 15.9 Å². The molecule has 1 fully saturated rings. The molecule has 1 saturated heterocycles. The number of hydrogen-bond donors (Lipinski definition) is 2. The van der Waals surface area contributed by atoms with Gasteiger partial charge >= 0.3 is 0 Å². The quantitative estimate of drug-likeness (QED) is 0.544. The number of H-pyrrole nitrogens is 1. The summed E-state index contributed by atoms with van der Waals surface area (Å²) in [5, 5.41) is 18.2. The molecule has 29 heavy (non-hydrogen) atoms. The minimum atomic E-state index is -3.63. The second-order valence-corrected chi connectivity index (χ2v) is 9.51. The van der Waals surface area contributed by atoms with E-state index < -0.39 is 15.9 Å². The van der Waals surface area contributed by atoms with E-state index in [2.05, 4.69) is 31.1 Å². The zero-order chi connectivity index (χ0) is 20.6. The van der Waals surface area contributed by atoms with E-state index in [-0.39, 0.29) is 22.0 Å². The summed E-state index contributed by atoms with van der Waals surface area (Å²) in [5.41, 5.74) is 0.885. The summed E-state index contributed by atoms with van der Waals surface area (Å²) in [6.45, 7) is 0.964. The predicted octanol–water partition coefficient (Wildman–Crippen LogP) is 4.34. The van der Waals surface area contributed by atoms with Crippen molar-refractivity contribution < 1.29 is 18.3 Å². The van der Waals surface area contributed by atoms with Gasteiger partial charge < -0.3 is 10.1 Å². The molecule has 2 heterocycles. The highest BCUT2D eigenvalue weighted by Crippen LogP contribution is 2.37. The molecule has 2 N–H and O–H groups in total. The molecule has 0 radical (unpaired) electrons. The van der Waals surface area contributed by atoms with Gasteiger partial charge in [0.15, 0.2) is 5.69 Å². The Morgan fingerprint density at radius 1 is 1.14 bits per heavy atom. The number of azo groups is 1. The first kappa shape index (κ1) is 19.7. The highest BCUT2D eigenvalue weighted by atomic mass is 79.9. The normalized spacial score (nSPS) is 15.5. The lowest BCUT2D eigenvalue weighted by Gasteiger charge is -2.15. The summed E-state index contributed by atoms with van der Waals surface area (Å²) in [4.78, 5) is 15.3. The van der Waals surface area contributed by atoms with Crippen LogP contribution in [0.2, 0.25) is 0 Å². The van der Waals surface area contributed by atoms with Crippen molar-refractivity contribution in [2.75, 3.05) is 13.1 Å². The molecule has 150 valence electrons. The largest absolute Gasteiger partial charge is 0.493 e. The van der Waals surface area contributed by atoms with Crippen molar-refractivity contribution in [3.8, 4) is 5.88 Å². The van der Waals surface area contributed by atoms with Crippen molar-refractivity contribution in [3.05, 3.63) is 52.5 Å². The van der Waals surface area contributed by atoms with Crippen LogP contribution < -0.4 is 0 Å². The van der Waals surface area contributed by atoms with E-state index in [1.54, 1.807) is 18.2 Å². The van der Waals surface area contributed by atoms with Gasteiger partial charge in [0.1, 0.15) is 0 Å². The number of nitrogens with one attached hydrogen (secondary N) is 1. The molecule has 1 aliphatic heterocycles. The molecule has 0 saturated carbocycles. The Bertz CT molecular complexity index is 1230. The van der Waals surface area contributed by atoms with Gasteiger partial charge in [-0.25, -0.2) is 8.42 Å². The Labute approximate surface area is 175 Å². The number of amides is 1. The molecular formula is C19H17BrN4O4S. The molecule has 3 aromatic rings. The third-order valence-electron chi connectivity index (χ3n) is 4.74. The minimum Gasteiger partial charge on any atom is -0.493 e. The van der Waals surface area contributed by atoms with Crippen LogP contribution in [0, 0.1) is 0 Å². The van der Waals surface area contributed by atoms with Gasteiger partial charge in [-0.15, -0.1) is 10.2 Å². The fourth-order valence-electron chi connectivity index (χ4n) is 3.26. The van der Waals surface area contributed by atoms with E-state index in [0.717, 1.165) is 17.3 Å². The molecule has 1 aliphatic rings. The lowest BCUT2D eigenvalue weighted by atomic mass is 10.2. The molecule has 0 bridgehead atoms. The van der Waals surface area contributed by atoms with Crippen molar-refractivity contribution >= 4 is 48.5 Å². The van der Waals surface area contributed by atoms with Crippen LogP contribution in [0.3, 0.4) is 0 Å². The van der Waals surface area contributed by atoms with Gasteiger partial charge in [0, 0.05) is 28.5 Å². The van der Waals surface area contributed by atoms with Crippen molar-refractivity contribution in [2.24, 2.45) is 10.2 Å². The van der Waals surface area contributed by atoms with Crippen LogP contribution in [0.5, 0.6) is 5.88 Å². The average Bonchev–Trinajstić information content (AvgIpc) is 3.34. The van der Waals surface area contributed by atoms with Gasteiger partial charge in [-0.1, -0.05) is 22.0 Å². The molecule has 4 rings (SSSR count). The molecule has 1 aromatic heterocycles. The summed E-state index contributed by atoms with van der Waals surface area (Å²) in [6, 6.07) is 11.1. The zero-order valence-electron chi connectivity index (χ0n) is 15.2. The highest BCUT2D eigenvalue weighted by Gasteiger charge is 2.27. The number of carbonyl (C=O) groups excluding carboxylic acids is 1. The number of aromatic hydroxyl groups is 1. The van der Waals surface area contributed by atoms with Crippen LogP contribution in [0.4, 0.5) is 5.69 Å². The molecule has 1 amide bonds. The van der Waals surface area contributed by atoms with Crippen LogP contribution in [0.25, 0.3) is 10.9 Å². The van der Waals surface area contributed by atoms with Crippen LogP contribution in [-0.4, -0.2) is 41.8 Å². The van der Waals surface area contributed by atoms with Gasteiger partial charge in [0.05, 0.1) is 10.4 Å². The summed E-state index contributed by atoms with van der Waals surface area (Å²) in [7, 11) is -3.63. The molecule has 2 aromatic carbocycles. The van der Waals surface area contributed by atoms with E-state index in [1.807, 2.05) is 0 Å². The van der Waals surface area contributed by atoms with Crippen LogP contribution in [-0.2, 0) is 10.0 Å². The zero-order valence-corrected chi connectivity index (χ0v) is 17.6. The first-order chi connectivity index (χ1) is 13.9. The summed E-state index contributed by atoms with van der Waals surface area (Å²) in [6.07, 6.45) is 1.66. The Morgan fingerprint density at radius 2 is 1.90 bits per heavy atom. The van der Waals surface area contributed by atoms with Gasteiger partial charge in [-0.3, -0.25) is 4.79 Å². The van der Waals surface area contributed by atoms with Gasteiger partial charge in [0.2, 0.25) is 15.9 Å². The molecule has 0 spiro atoms. The summed E-state index contributed by atoms with van der Waals surface area (Å²) in [5.74, 6) is -0.910. The topological polar surface area (TPSA) is 115 Å². The number of sulfonamides is 1. The maximum Gasteiger partial charge on any atom is 0.295 e. The first-order valence-electron chi connectivity index (χ1n) is 8.93. The second-order valence-electron chi connectivity index (χ2n) is 6.66. The lowest BCUT2D eigenvalue weighted by molar-refractivity contribution is 0.0995. The van der Waals surface area contributed by atoms with E-state index in [0.29, 0.717) is 24.0 Å². The third kappa shape index (κ3) is 3.83. The molecule has 8 nitrogen and oxygen atoms in total. The molecule has 10 heteroatoms. The van der Waals surface area contributed by atoms with Crippen molar-refractivity contribution in [2.45, 2.75) is 17.7 Å². The van der Waals surface area contributed by atoms with Crippen LogP contribution in [0.15, 0.2) is 62.1 Å². The number of carbonyl (C=O) groups is 1. The minimum absolute atomic E-state index is 0.0549. The smallest absolute Gasteiger partial charge is 0.295 e. The Kier molecular flexibility index (Phi) is 5.24. The number of nitrogens with zero attached hydrogens (tertiary/aromatic N) is 3. The molecule has 0 atom stereocenters. The highest BCUT2D eigenvalue weighted by molar-refractivity contribution is 9.10. The fourth-order valence-corrected chi connectivity index (χ4v) is 5.18. The molecular weight excluding hydrogens is 460 g/mol. The summed E-state index contributed by atoms with van der Waals surface area (Å²) < 4.78 is 27.6. The SMILES string of the molecule is O=C(N=Nc1c(O)[nH]c2ccc(Br)cc12)c1cccc(S(=O)(=O)N2CCCC2)c1. The van der Waals surface area contributed by atoms with Crippen molar-refractivity contribution in [1.82, 2.24) is 9.29 Å². The van der Waals surface area contributed by atoms with E-state index in [9.17, 15) is 18.3 Å². The monoisotopic (exact) mass is 476 g/mol. The third-order valence-corrected chi connectivity index (χ3v) is 7.13. The van der Waals surface area contributed by atoms with Gasteiger partial charge in [-0.2, -0.15) is 4.31 Å². The van der Waals surface area contributed by atoms with Crippen molar-refractivity contribution in [3.63, 3.8) is 0 Å². The molecule has 0 unspecified atom stereocenters. The number of halogens is 1. The number of aromatic amines is 1. The van der Waals surface area contributed by atoms with Gasteiger partial charge in [0.25, 0.3) is 5.91 Å². The Hall–Kier alpha value is -2.56. The van der Waals surface area contributed by atoms with Gasteiger partial charge in [-0.05, 0) is 49.2 Å². The second kappa shape index (κ2) is 7.69. The van der Waals surface area contributed by atoms with Crippen LogP contribution in [0.1, 0.15) is 23.2 Å². The number of rotatable bonds is 4. The first-order valence-corrected chi connectivity index (χ1v) is 11.2. The van der Waals surface area contributed by atoms with Crippen molar-refractivity contribution in [1.29, 1.82) is 0 Å². The lowest BCUT2D eigenvalue weighted by Crippen LogP contribution is -2.27. The Morgan fingerprint density at radius 3 is 2.66 bits per heavy atom. The average molecular weight is 477 g/mol. The van der Waals surface area contributed by atoms with E-state index in [4.69, 9.17) is 0 Å². The predicted molar refractivity (Wildman–Crippen MR) is 111 cm³/mol. The number of benzene rings is 2. The molecule has 0 aliphatic carbocycles. The van der Waals surface area contributed by atoms with E-state index >= 15 is 0 Å². The Balaban J connectivity index is 1.63. The number of fused-ring (bicyclic) bond motifs is 1. The number of hydrogen-bond acceptors (Lipinski definition) is 5. The fraction of sp³-hybridized carbons (Fsp3) is 0.211. The van der Waals surface area contributed by atoms with E-state index in [1.165, 1.54) is 28.6 Å².